The molecule has 0 aliphatic rings. The molecule has 0 aliphatic heterocycles. The molecule has 194 valence electrons. The van der Waals surface area contributed by atoms with Crippen LogP contribution in [0.1, 0.15) is 0 Å². The zero-order chi connectivity index (χ0) is 25.9. The number of rotatable bonds is 3. The molecule has 40 heavy (non-hydrogen) atoms. The van der Waals surface area contributed by atoms with Gasteiger partial charge < -0.3 is 9.52 Å². The Morgan fingerprint density at radius 1 is 0.700 bits per heavy atom. The van der Waals surface area contributed by atoms with E-state index in [0.717, 1.165) is 60.7 Å². The number of para-hydroxylation sites is 3. The van der Waals surface area contributed by atoms with Gasteiger partial charge >= 0.3 is 0 Å². The minimum Gasteiger partial charge on any atom is -0.515 e. The number of furan rings is 1. The zero-order valence-electron chi connectivity index (χ0n) is 21.0. The van der Waals surface area contributed by atoms with E-state index in [2.05, 4.69) is 41.0 Å². The molecule has 1 N–H and O–H groups in total. The average Bonchev–Trinajstić information content (AvgIpc) is 3.53. The maximum absolute atomic E-state index is 10.5. The van der Waals surface area contributed by atoms with Crippen molar-refractivity contribution < 1.29 is 30.6 Å². The molecule has 0 unspecified atom stereocenters. The van der Waals surface area contributed by atoms with E-state index in [1.165, 1.54) is 0 Å². The fraction of sp³-hybridized carbons (Fsp3) is 0. The van der Waals surface area contributed by atoms with E-state index in [1.54, 1.807) is 12.3 Å². The van der Waals surface area contributed by atoms with Gasteiger partial charge in [0.15, 0.2) is 11.4 Å². The van der Waals surface area contributed by atoms with Crippen molar-refractivity contribution in [3.63, 3.8) is 0 Å². The summed E-state index contributed by atoms with van der Waals surface area (Å²) in [5.41, 5.74) is 6.41. The predicted octanol–water partition coefficient (Wildman–Crippen LogP) is 8.31. The number of nitrogens with zero attached hydrogens (tertiary/aromatic N) is 3. The Kier molecular flexibility index (Phi) is 5.76. The molecule has 0 fully saturated rings. The number of aromatic nitrogens is 3. The molecule has 0 bridgehead atoms. The van der Waals surface area contributed by atoms with Crippen LogP contribution in [-0.2, 0) is 21.1 Å². The third kappa shape index (κ3) is 3.66. The fourth-order valence-electron chi connectivity index (χ4n) is 5.49. The zero-order valence-corrected chi connectivity index (χ0v) is 23.3. The van der Waals surface area contributed by atoms with Crippen LogP contribution >= 0.6 is 0 Å². The fourth-order valence-corrected chi connectivity index (χ4v) is 5.49. The van der Waals surface area contributed by atoms with E-state index in [-0.39, 0.29) is 26.8 Å². The minimum atomic E-state index is 0. The van der Waals surface area contributed by atoms with Crippen LogP contribution in [0.25, 0.3) is 72.1 Å². The maximum atomic E-state index is 10.5. The van der Waals surface area contributed by atoms with Crippen LogP contribution in [0.4, 0.5) is 0 Å². The van der Waals surface area contributed by atoms with E-state index in [0.29, 0.717) is 11.4 Å². The molecule has 8 aromatic rings. The molecule has 4 heterocycles. The summed E-state index contributed by atoms with van der Waals surface area (Å²) < 4.78 is 8.54. The summed E-state index contributed by atoms with van der Waals surface area (Å²) in [7, 11) is 0. The monoisotopic (exact) mass is 697 g/mol. The molecular formula is C34H20N3O2Pt-. The van der Waals surface area contributed by atoms with Crippen LogP contribution < -0.4 is 0 Å². The van der Waals surface area contributed by atoms with Crippen LogP contribution in [0, 0.1) is 6.07 Å². The molecule has 0 radical (unpaired) electrons. The maximum Gasteiger partial charge on any atom is 0.177 e. The average molecular weight is 698 g/mol. The number of phenolic OH excluding ortho intramolecular Hbond substituents is 1. The summed E-state index contributed by atoms with van der Waals surface area (Å²) in [6, 6.07) is 39.1. The number of pyridine rings is 2. The third-order valence-corrected chi connectivity index (χ3v) is 7.26. The summed E-state index contributed by atoms with van der Waals surface area (Å²) in [5, 5.41) is 14.6. The largest absolute Gasteiger partial charge is 0.515 e. The van der Waals surface area contributed by atoms with Crippen molar-refractivity contribution in [1.82, 2.24) is 14.5 Å². The van der Waals surface area contributed by atoms with Crippen molar-refractivity contribution in [2.75, 3.05) is 0 Å². The first-order chi connectivity index (χ1) is 19.3. The van der Waals surface area contributed by atoms with Gasteiger partial charge in [-0.1, -0.05) is 66.2 Å². The van der Waals surface area contributed by atoms with E-state index >= 15 is 0 Å². The van der Waals surface area contributed by atoms with Crippen molar-refractivity contribution in [3.8, 4) is 34.0 Å². The van der Waals surface area contributed by atoms with Crippen molar-refractivity contribution in [2.24, 2.45) is 0 Å². The molecule has 0 saturated heterocycles. The quantitative estimate of drug-likeness (QED) is 0.189. The van der Waals surface area contributed by atoms with Gasteiger partial charge in [0, 0.05) is 54.5 Å². The van der Waals surface area contributed by atoms with Gasteiger partial charge in [-0.05, 0) is 35.9 Å². The van der Waals surface area contributed by atoms with Crippen LogP contribution in [0.3, 0.4) is 0 Å². The SMILES string of the molecule is Oc1ccccc1-c1[c-]c(-c2cc3c(oc4ccccc43)c(-n3c4ccccc4c4cccnc43)n2)ccc1.[Pt]. The van der Waals surface area contributed by atoms with Gasteiger partial charge in [0.2, 0.25) is 0 Å². The number of aromatic hydroxyl groups is 1. The molecule has 6 heteroatoms. The Morgan fingerprint density at radius 3 is 2.35 bits per heavy atom. The van der Waals surface area contributed by atoms with E-state index in [9.17, 15) is 5.11 Å². The molecule has 0 saturated carbocycles. The Balaban J connectivity index is 0.00000264. The van der Waals surface area contributed by atoms with E-state index in [4.69, 9.17) is 14.4 Å². The van der Waals surface area contributed by atoms with E-state index in [1.807, 2.05) is 72.8 Å². The third-order valence-electron chi connectivity index (χ3n) is 7.26. The van der Waals surface area contributed by atoms with Gasteiger partial charge in [-0.15, -0.1) is 29.8 Å². The van der Waals surface area contributed by atoms with Crippen LogP contribution in [0.15, 0.2) is 120 Å². The Morgan fingerprint density at radius 2 is 1.45 bits per heavy atom. The van der Waals surface area contributed by atoms with Gasteiger partial charge in [-0.2, -0.15) is 0 Å². The molecule has 0 atom stereocenters. The van der Waals surface area contributed by atoms with Gasteiger partial charge in [-0.3, -0.25) is 9.55 Å². The first-order valence-corrected chi connectivity index (χ1v) is 12.7. The van der Waals surface area contributed by atoms with Crippen molar-refractivity contribution in [1.29, 1.82) is 0 Å². The van der Waals surface area contributed by atoms with Crippen LogP contribution in [0.5, 0.6) is 5.75 Å². The Labute approximate surface area is 243 Å². The number of hydrogen-bond acceptors (Lipinski definition) is 4. The first kappa shape index (κ1) is 24.3. The summed E-state index contributed by atoms with van der Waals surface area (Å²) >= 11 is 0. The molecule has 0 amide bonds. The van der Waals surface area contributed by atoms with Gasteiger partial charge in [-0.25, -0.2) is 4.98 Å². The summed E-state index contributed by atoms with van der Waals surface area (Å²) in [6.07, 6.45) is 1.81. The Hall–Kier alpha value is -4.73. The second-order valence-electron chi connectivity index (χ2n) is 9.53. The summed E-state index contributed by atoms with van der Waals surface area (Å²) in [6.45, 7) is 0. The molecule has 0 spiro atoms. The standard InChI is InChI=1S/C34H20N3O2.Pt/c38-30-16-5-2-11-23(30)21-9-7-10-22(19-21)28-20-27-25-13-3-6-17-31(25)39-32(27)34(36-28)37-29-15-4-1-12-24(29)26-14-8-18-35-33(26)37;/h1-18,20,38H;/q-1;. The van der Waals surface area contributed by atoms with E-state index < -0.39 is 0 Å². The van der Waals surface area contributed by atoms with Crippen molar-refractivity contribution >= 4 is 43.9 Å². The number of benzene rings is 4. The predicted molar refractivity (Wildman–Crippen MR) is 155 cm³/mol. The Bertz CT molecular complexity index is 2160. The molecule has 4 aromatic carbocycles. The number of phenols is 1. The van der Waals surface area contributed by atoms with Crippen molar-refractivity contribution in [2.45, 2.75) is 0 Å². The molecule has 0 aliphatic carbocycles. The molecule has 5 nitrogen and oxygen atoms in total. The smallest absolute Gasteiger partial charge is 0.177 e. The van der Waals surface area contributed by atoms with Crippen molar-refractivity contribution in [3.05, 3.63) is 121 Å². The number of hydrogen-bond donors (Lipinski definition) is 1. The molecule has 8 rings (SSSR count). The van der Waals surface area contributed by atoms with Gasteiger partial charge in [0.05, 0.1) is 11.3 Å². The second kappa shape index (κ2) is 9.48. The van der Waals surface area contributed by atoms with Crippen LogP contribution in [0.2, 0.25) is 0 Å². The van der Waals surface area contributed by atoms with Gasteiger partial charge in [0.25, 0.3) is 0 Å². The molecular weight excluding hydrogens is 677 g/mol. The molecule has 4 aromatic heterocycles. The van der Waals surface area contributed by atoms with Gasteiger partial charge in [0.1, 0.15) is 11.2 Å². The first-order valence-electron chi connectivity index (χ1n) is 12.7. The summed E-state index contributed by atoms with van der Waals surface area (Å²) in [5.74, 6) is 0.886. The topological polar surface area (TPSA) is 64.1 Å². The summed E-state index contributed by atoms with van der Waals surface area (Å²) in [4.78, 5) is 9.97. The van der Waals surface area contributed by atoms with Crippen LogP contribution in [-0.4, -0.2) is 19.6 Å². The normalized spacial score (nSPS) is 11.4. The minimum absolute atomic E-state index is 0. The second-order valence-corrected chi connectivity index (χ2v) is 9.53. The number of fused-ring (bicyclic) bond motifs is 6.